The number of amides is 2. The predicted octanol–water partition coefficient (Wildman–Crippen LogP) is 1.14. The summed E-state index contributed by atoms with van der Waals surface area (Å²) in [6, 6.07) is 6.42. The molecule has 0 aliphatic heterocycles. The summed E-state index contributed by atoms with van der Waals surface area (Å²) < 4.78 is 0. The van der Waals surface area contributed by atoms with Crippen molar-refractivity contribution in [3.05, 3.63) is 36.0 Å². The number of H-pyrrole nitrogens is 1. The van der Waals surface area contributed by atoms with Crippen LogP contribution in [0.2, 0.25) is 0 Å². The van der Waals surface area contributed by atoms with Crippen molar-refractivity contribution in [2.45, 2.75) is 45.7 Å². The van der Waals surface area contributed by atoms with Crippen LogP contribution in [0.1, 0.15) is 32.8 Å². The summed E-state index contributed by atoms with van der Waals surface area (Å²) in [6.45, 7) is 5.02. The Hall–Kier alpha value is -2.87. The number of hydrogen-bond donors (Lipinski definition) is 5. The molecule has 0 radical (unpaired) electrons. The SMILES string of the molecule is CC(=O)O.CC(C)CC(NC(=O)C(N)Cc1c[nH]c2ccccc12)C(N)=O. The van der Waals surface area contributed by atoms with Crippen molar-refractivity contribution in [1.29, 1.82) is 0 Å². The van der Waals surface area contributed by atoms with E-state index in [4.69, 9.17) is 21.4 Å². The number of carbonyl (C=O) groups excluding carboxylic acids is 2. The lowest BCUT2D eigenvalue weighted by atomic mass is 10.0. The fourth-order valence-electron chi connectivity index (χ4n) is 2.63. The number of nitrogens with one attached hydrogen (secondary N) is 2. The summed E-state index contributed by atoms with van der Waals surface area (Å²) in [7, 11) is 0. The largest absolute Gasteiger partial charge is 0.481 e. The third kappa shape index (κ3) is 7.49. The molecule has 148 valence electrons. The second-order valence-electron chi connectivity index (χ2n) is 6.78. The van der Waals surface area contributed by atoms with Crippen LogP contribution in [0.4, 0.5) is 0 Å². The normalized spacial score (nSPS) is 12.8. The van der Waals surface area contributed by atoms with Crippen molar-refractivity contribution < 1.29 is 19.5 Å². The Balaban J connectivity index is 0.000000828. The Morgan fingerprint density at radius 3 is 2.37 bits per heavy atom. The molecule has 0 aliphatic carbocycles. The number of aliphatic carboxylic acids is 1. The number of primary amides is 1. The Morgan fingerprint density at radius 1 is 1.22 bits per heavy atom. The van der Waals surface area contributed by atoms with Crippen LogP contribution >= 0.6 is 0 Å². The zero-order chi connectivity index (χ0) is 20.6. The van der Waals surface area contributed by atoms with Gasteiger partial charge in [0.1, 0.15) is 6.04 Å². The van der Waals surface area contributed by atoms with Crippen molar-refractivity contribution in [1.82, 2.24) is 10.3 Å². The zero-order valence-electron chi connectivity index (χ0n) is 15.9. The van der Waals surface area contributed by atoms with Gasteiger partial charge in [-0.05, 0) is 30.4 Å². The van der Waals surface area contributed by atoms with E-state index < -0.39 is 24.0 Å². The minimum Gasteiger partial charge on any atom is -0.481 e. The van der Waals surface area contributed by atoms with Gasteiger partial charge >= 0.3 is 0 Å². The molecule has 2 amide bonds. The van der Waals surface area contributed by atoms with E-state index in [9.17, 15) is 9.59 Å². The van der Waals surface area contributed by atoms with Gasteiger partial charge in [-0.1, -0.05) is 32.0 Å². The molecule has 2 aromatic rings. The van der Waals surface area contributed by atoms with Crippen LogP contribution < -0.4 is 16.8 Å². The molecule has 2 atom stereocenters. The number of aromatic nitrogens is 1. The molecular weight excluding hydrogens is 348 g/mol. The number of para-hydroxylation sites is 1. The molecule has 7 N–H and O–H groups in total. The lowest BCUT2D eigenvalue weighted by Gasteiger charge is -2.20. The number of nitrogens with two attached hydrogens (primary N) is 2. The first-order valence-corrected chi connectivity index (χ1v) is 8.71. The maximum Gasteiger partial charge on any atom is 0.300 e. The van der Waals surface area contributed by atoms with Crippen LogP contribution in [0, 0.1) is 5.92 Å². The molecule has 2 unspecified atom stereocenters. The summed E-state index contributed by atoms with van der Waals surface area (Å²) in [5, 5.41) is 11.1. The lowest BCUT2D eigenvalue weighted by Crippen LogP contribution is -2.51. The van der Waals surface area contributed by atoms with Gasteiger partial charge in [0.05, 0.1) is 6.04 Å². The van der Waals surface area contributed by atoms with Gasteiger partial charge in [0.15, 0.2) is 0 Å². The second-order valence-corrected chi connectivity index (χ2v) is 6.78. The average molecular weight is 376 g/mol. The Morgan fingerprint density at radius 2 is 1.81 bits per heavy atom. The summed E-state index contributed by atoms with van der Waals surface area (Å²) in [6.07, 6.45) is 2.75. The first-order valence-electron chi connectivity index (χ1n) is 8.71. The molecule has 8 heteroatoms. The fourth-order valence-corrected chi connectivity index (χ4v) is 2.63. The highest BCUT2D eigenvalue weighted by Crippen LogP contribution is 2.18. The second kappa shape index (κ2) is 10.3. The molecule has 8 nitrogen and oxygen atoms in total. The van der Waals surface area contributed by atoms with Gasteiger partial charge in [0.2, 0.25) is 11.8 Å². The Bertz CT molecular complexity index is 781. The quantitative estimate of drug-likeness (QED) is 0.491. The van der Waals surface area contributed by atoms with E-state index in [0.29, 0.717) is 12.8 Å². The highest BCUT2D eigenvalue weighted by Gasteiger charge is 2.23. The van der Waals surface area contributed by atoms with Crippen molar-refractivity contribution in [3.63, 3.8) is 0 Å². The van der Waals surface area contributed by atoms with Crippen molar-refractivity contribution >= 4 is 28.7 Å². The number of hydrogen-bond acceptors (Lipinski definition) is 4. The highest BCUT2D eigenvalue weighted by atomic mass is 16.4. The minimum atomic E-state index is -0.833. The van der Waals surface area contributed by atoms with E-state index in [1.807, 2.05) is 44.3 Å². The van der Waals surface area contributed by atoms with Gasteiger partial charge in [-0.25, -0.2) is 0 Å². The van der Waals surface area contributed by atoms with Crippen LogP contribution in [0.15, 0.2) is 30.5 Å². The first-order chi connectivity index (χ1) is 12.6. The molecule has 1 aromatic heterocycles. The van der Waals surface area contributed by atoms with Crippen LogP contribution in [0.25, 0.3) is 10.9 Å². The van der Waals surface area contributed by atoms with Crippen molar-refractivity contribution in [3.8, 4) is 0 Å². The maximum atomic E-state index is 12.2. The standard InChI is InChI=1S/C17H24N4O2.C2H4O2/c1-10(2)7-15(16(19)22)21-17(23)13(18)8-11-9-20-14-6-4-3-5-12(11)14;1-2(3)4/h3-6,9-10,13,15,20H,7-8,18H2,1-2H3,(H2,19,22)(H,21,23);1H3,(H,3,4). The number of fused-ring (bicyclic) bond motifs is 1. The number of carboxylic acids is 1. The molecule has 0 saturated carbocycles. The lowest BCUT2D eigenvalue weighted by molar-refractivity contribution is -0.134. The molecule has 0 bridgehead atoms. The average Bonchev–Trinajstić information content (AvgIpc) is 2.96. The Kier molecular flexibility index (Phi) is 8.47. The number of carboxylic acid groups (broad SMARTS) is 1. The highest BCUT2D eigenvalue weighted by molar-refractivity contribution is 5.90. The van der Waals surface area contributed by atoms with Crippen molar-refractivity contribution in [2.24, 2.45) is 17.4 Å². The van der Waals surface area contributed by atoms with E-state index in [-0.39, 0.29) is 11.8 Å². The third-order valence-electron chi connectivity index (χ3n) is 3.82. The van der Waals surface area contributed by atoms with Crippen LogP contribution in [-0.4, -0.2) is 40.0 Å². The maximum absolute atomic E-state index is 12.2. The summed E-state index contributed by atoms with van der Waals surface area (Å²) >= 11 is 0. The molecule has 27 heavy (non-hydrogen) atoms. The molecule has 2 rings (SSSR count). The molecule has 0 spiro atoms. The number of aromatic amines is 1. The van der Waals surface area contributed by atoms with Gasteiger partial charge in [-0.15, -0.1) is 0 Å². The van der Waals surface area contributed by atoms with Gasteiger partial charge in [-0.2, -0.15) is 0 Å². The van der Waals surface area contributed by atoms with Gasteiger partial charge < -0.3 is 26.9 Å². The summed E-state index contributed by atoms with van der Waals surface area (Å²) in [4.78, 5) is 35.9. The first kappa shape index (κ1) is 22.2. The number of benzene rings is 1. The van der Waals surface area contributed by atoms with E-state index in [1.54, 1.807) is 0 Å². The molecule has 0 aliphatic rings. The monoisotopic (exact) mass is 376 g/mol. The number of carbonyl (C=O) groups is 3. The van der Waals surface area contributed by atoms with Gasteiger partial charge in [0.25, 0.3) is 5.97 Å². The molecule has 1 heterocycles. The smallest absolute Gasteiger partial charge is 0.300 e. The van der Waals surface area contributed by atoms with Crippen LogP contribution in [0.5, 0.6) is 0 Å². The predicted molar refractivity (Wildman–Crippen MR) is 104 cm³/mol. The van der Waals surface area contributed by atoms with E-state index in [0.717, 1.165) is 23.4 Å². The van der Waals surface area contributed by atoms with E-state index in [2.05, 4.69) is 10.3 Å². The summed E-state index contributed by atoms with van der Waals surface area (Å²) in [5.74, 6) is -1.48. The topological polar surface area (TPSA) is 151 Å². The minimum absolute atomic E-state index is 0.248. The van der Waals surface area contributed by atoms with Crippen LogP contribution in [-0.2, 0) is 20.8 Å². The van der Waals surface area contributed by atoms with E-state index >= 15 is 0 Å². The van der Waals surface area contributed by atoms with Crippen LogP contribution in [0.3, 0.4) is 0 Å². The van der Waals surface area contributed by atoms with Crippen molar-refractivity contribution in [2.75, 3.05) is 0 Å². The summed E-state index contributed by atoms with van der Waals surface area (Å²) in [5.41, 5.74) is 13.3. The number of rotatable bonds is 7. The molecule has 0 saturated heterocycles. The molecule has 1 aromatic carbocycles. The van der Waals surface area contributed by atoms with Gasteiger partial charge in [0, 0.05) is 24.0 Å². The van der Waals surface area contributed by atoms with Gasteiger partial charge in [-0.3, -0.25) is 14.4 Å². The Labute approximate surface area is 158 Å². The third-order valence-corrected chi connectivity index (χ3v) is 3.82. The molecular formula is C19H28N4O4. The molecule has 0 fully saturated rings. The fraction of sp³-hybridized carbons (Fsp3) is 0.421. The zero-order valence-corrected chi connectivity index (χ0v) is 15.9. The van der Waals surface area contributed by atoms with E-state index in [1.165, 1.54) is 0 Å².